The number of carbonyl (C=O) groups excluding carboxylic acids is 1. The number of hydrogen-bond donors (Lipinski definition) is 1. The van der Waals surface area contributed by atoms with Crippen molar-refractivity contribution < 1.29 is 19.1 Å². The number of piperidine rings is 1. The van der Waals surface area contributed by atoms with Gasteiger partial charge in [0.15, 0.2) is 0 Å². The van der Waals surface area contributed by atoms with E-state index in [1.54, 1.807) is 46.0 Å². The Hall–Kier alpha value is -2.89. The third-order valence-corrected chi connectivity index (χ3v) is 4.43. The molecule has 1 aromatic carbocycles. The number of carboxylic acid groups (broad SMARTS) is 1. The highest BCUT2D eigenvalue weighted by molar-refractivity contribution is 5.91. The highest BCUT2D eigenvalue weighted by Crippen LogP contribution is 2.25. The average Bonchev–Trinajstić information content (AvgIpc) is 3.10. The van der Waals surface area contributed by atoms with E-state index >= 15 is 0 Å². The number of carbonyl (C=O) groups is 2. The van der Waals surface area contributed by atoms with Crippen LogP contribution in [0.3, 0.4) is 0 Å². The molecular formula is C19H19FN2O3. The minimum atomic E-state index is -0.943. The number of likely N-dealkylation sites (tertiary alicyclic amines) is 1. The van der Waals surface area contributed by atoms with E-state index in [0.29, 0.717) is 31.5 Å². The summed E-state index contributed by atoms with van der Waals surface area (Å²) in [6.45, 7) is 1.13. The fraction of sp³-hybridized carbons (Fsp3) is 0.263. The highest BCUT2D eigenvalue weighted by Gasteiger charge is 2.24. The number of halogens is 1. The Morgan fingerprint density at radius 3 is 2.60 bits per heavy atom. The van der Waals surface area contributed by atoms with Gasteiger partial charge >= 0.3 is 5.97 Å². The van der Waals surface area contributed by atoms with Gasteiger partial charge in [-0.2, -0.15) is 0 Å². The lowest BCUT2D eigenvalue weighted by Gasteiger charge is -2.32. The summed E-state index contributed by atoms with van der Waals surface area (Å²) in [6, 6.07) is 9.45. The lowest BCUT2D eigenvalue weighted by molar-refractivity contribution is -0.127. The Labute approximate surface area is 145 Å². The molecule has 1 aliphatic rings. The minimum absolute atomic E-state index is 0.0809. The lowest BCUT2D eigenvalue weighted by atomic mass is 10.0. The molecule has 1 aliphatic heterocycles. The number of benzene rings is 1. The summed E-state index contributed by atoms with van der Waals surface area (Å²) in [7, 11) is 0. The predicted octanol–water partition coefficient (Wildman–Crippen LogP) is 3.20. The first-order chi connectivity index (χ1) is 12.0. The molecule has 1 saturated heterocycles. The van der Waals surface area contributed by atoms with Gasteiger partial charge in [0.2, 0.25) is 5.91 Å². The standard InChI is InChI=1S/C19H19FN2O3/c20-15-4-1-3-14(13-15)6-7-18(23)21-11-8-16(9-12-21)22-10-2-5-17(22)19(24)25/h1-7,10,13,16H,8-9,11-12H2,(H,24,25)/b7-6+. The van der Waals surface area contributed by atoms with Crippen molar-refractivity contribution in [1.82, 2.24) is 9.47 Å². The summed E-state index contributed by atoms with van der Waals surface area (Å²) in [5, 5.41) is 9.20. The Morgan fingerprint density at radius 1 is 1.16 bits per heavy atom. The van der Waals surface area contributed by atoms with E-state index in [4.69, 9.17) is 0 Å². The Balaban J connectivity index is 1.59. The molecule has 0 unspecified atom stereocenters. The van der Waals surface area contributed by atoms with Crippen molar-refractivity contribution in [2.24, 2.45) is 0 Å². The minimum Gasteiger partial charge on any atom is -0.477 e. The fourth-order valence-electron chi connectivity index (χ4n) is 3.14. The van der Waals surface area contributed by atoms with Crippen molar-refractivity contribution in [1.29, 1.82) is 0 Å². The van der Waals surface area contributed by atoms with Crippen LogP contribution in [-0.4, -0.2) is 39.5 Å². The summed E-state index contributed by atoms with van der Waals surface area (Å²) in [5.74, 6) is -1.40. The molecule has 1 fully saturated rings. The van der Waals surface area contributed by atoms with E-state index in [1.807, 2.05) is 0 Å². The van der Waals surface area contributed by atoms with Crippen LogP contribution < -0.4 is 0 Å². The molecule has 0 radical (unpaired) electrons. The second-order valence-electron chi connectivity index (χ2n) is 6.05. The number of hydrogen-bond acceptors (Lipinski definition) is 2. The summed E-state index contributed by atoms with van der Waals surface area (Å²) < 4.78 is 14.9. The van der Waals surface area contributed by atoms with Gasteiger partial charge in [-0.1, -0.05) is 12.1 Å². The van der Waals surface area contributed by atoms with Gasteiger partial charge in [0, 0.05) is 31.4 Å². The number of carboxylic acids is 1. The van der Waals surface area contributed by atoms with Gasteiger partial charge in [0.1, 0.15) is 11.5 Å². The molecule has 3 rings (SSSR count). The molecule has 1 amide bonds. The summed E-state index contributed by atoms with van der Waals surface area (Å²) in [5.41, 5.74) is 0.914. The molecule has 0 spiro atoms. The molecule has 2 aromatic rings. The van der Waals surface area contributed by atoms with Crippen LogP contribution in [0.15, 0.2) is 48.7 Å². The lowest BCUT2D eigenvalue weighted by Crippen LogP contribution is -2.38. The van der Waals surface area contributed by atoms with Crippen molar-refractivity contribution in [2.45, 2.75) is 18.9 Å². The molecule has 130 valence electrons. The summed E-state index contributed by atoms with van der Waals surface area (Å²) >= 11 is 0. The summed E-state index contributed by atoms with van der Waals surface area (Å²) in [4.78, 5) is 25.2. The van der Waals surface area contributed by atoms with Crippen LogP contribution in [0.2, 0.25) is 0 Å². The quantitative estimate of drug-likeness (QED) is 0.868. The van der Waals surface area contributed by atoms with Gasteiger partial charge in [-0.15, -0.1) is 0 Å². The third kappa shape index (κ3) is 3.96. The first-order valence-electron chi connectivity index (χ1n) is 8.17. The molecule has 0 saturated carbocycles. The van der Waals surface area contributed by atoms with Crippen LogP contribution in [-0.2, 0) is 4.79 Å². The Bertz CT molecular complexity index is 805. The first-order valence-corrected chi connectivity index (χ1v) is 8.17. The van der Waals surface area contributed by atoms with E-state index in [9.17, 15) is 19.1 Å². The average molecular weight is 342 g/mol. The zero-order valence-electron chi connectivity index (χ0n) is 13.6. The van der Waals surface area contributed by atoms with Gasteiger partial charge in [0.25, 0.3) is 0 Å². The highest BCUT2D eigenvalue weighted by atomic mass is 19.1. The molecule has 0 bridgehead atoms. The molecule has 25 heavy (non-hydrogen) atoms. The second-order valence-corrected chi connectivity index (χ2v) is 6.05. The largest absolute Gasteiger partial charge is 0.477 e. The summed E-state index contributed by atoms with van der Waals surface area (Å²) in [6.07, 6.45) is 6.23. The van der Waals surface area contributed by atoms with Crippen LogP contribution in [0.5, 0.6) is 0 Å². The molecule has 6 heteroatoms. The molecule has 1 N–H and O–H groups in total. The third-order valence-electron chi connectivity index (χ3n) is 4.43. The van der Waals surface area contributed by atoms with Crippen molar-refractivity contribution in [3.05, 3.63) is 65.7 Å². The molecule has 0 aliphatic carbocycles. The van der Waals surface area contributed by atoms with Crippen LogP contribution in [0, 0.1) is 5.82 Å². The van der Waals surface area contributed by atoms with Gasteiger partial charge in [-0.25, -0.2) is 9.18 Å². The zero-order valence-corrected chi connectivity index (χ0v) is 13.6. The van der Waals surface area contributed by atoms with Crippen molar-refractivity contribution >= 4 is 18.0 Å². The van der Waals surface area contributed by atoms with E-state index in [-0.39, 0.29) is 23.5 Å². The van der Waals surface area contributed by atoms with E-state index in [0.717, 1.165) is 0 Å². The molecule has 0 atom stereocenters. The van der Waals surface area contributed by atoms with Gasteiger partial charge in [-0.05, 0) is 48.7 Å². The SMILES string of the molecule is O=C(O)c1cccn1C1CCN(C(=O)/C=C/c2cccc(F)c2)CC1. The maximum Gasteiger partial charge on any atom is 0.352 e. The zero-order chi connectivity index (χ0) is 17.8. The molecule has 1 aromatic heterocycles. The Morgan fingerprint density at radius 2 is 1.92 bits per heavy atom. The van der Waals surface area contributed by atoms with Crippen molar-refractivity contribution in [3.63, 3.8) is 0 Å². The number of rotatable bonds is 4. The van der Waals surface area contributed by atoms with Crippen LogP contribution in [0.4, 0.5) is 4.39 Å². The van der Waals surface area contributed by atoms with Gasteiger partial charge in [0.05, 0.1) is 0 Å². The fourth-order valence-corrected chi connectivity index (χ4v) is 3.14. The van der Waals surface area contributed by atoms with Crippen LogP contribution >= 0.6 is 0 Å². The van der Waals surface area contributed by atoms with E-state index < -0.39 is 5.97 Å². The van der Waals surface area contributed by atoms with Crippen LogP contribution in [0.25, 0.3) is 6.08 Å². The van der Waals surface area contributed by atoms with Crippen molar-refractivity contribution in [3.8, 4) is 0 Å². The Kier molecular flexibility index (Phi) is 4.97. The monoisotopic (exact) mass is 342 g/mol. The topological polar surface area (TPSA) is 62.5 Å². The van der Waals surface area contributed by atoms with E-state index in [1.165, 1.54) is 18.2 Å². The maximum absolute atomic E-state index is 13.1. The predicted molar refractivity (Wildman–Crippen MR) is 91.7 cm³/mol. The maximum atomic E-state index is 13.1. The molecule has 5 nitrogen and oxygen atoms in total. The van der Waals surface area contributed by atoms with Gasteiger partial charge < -0.3 is 14.6 Å². The molecular weight excluding hydrogens is 323 g/mol. The number of aromatic carboxylic acids is 1. The van der Waals surface area contributed by atoms with Gasteiger partial charge in [-0.3, -0.25) is 4.79 Å². The van der Waals surface area contributed by atoms with Crippen molar-refractivity contribution in [2.75, 3.05) is 13.1 Å². The molecule has 2 heterocycles. The van der Waals surface area contributed by atoms with E-state index in [2.05, 4.69) is 0 Å². The second kappa shape index (κ2) is 7.34. The van der Waals surface area contributed by atoms with Crippen LogP contribution in [0.1, 0.15) is 34.9 Å². The number of amides is 1. The number of nitrogens with zero attached hydrogens (tertiary/aromatic N) is 2. The number of aromatic nitrogens is 1. The normalized spacial score (nSPS) is 15.6. The smallest absolute Gasteiger partial charge is 0.352 e. The first kappa shape index (κ1) is 17.0.